The summed E-state index contributed by atoms with van der Waals surface area (Å²) in [6.45, 7) is 4.35. The van der Waals surface area contributed by atoms with Gasteiger partial charge < -0.3 is 15.2 Å². The van der Waals surface area contributed by atoms with Crippen LogP contribution in [-0.4, -0.2) is 18.4 Å². The monoisotopic (exact) mass is 438 g/mol. The molecule has 7 nitrogen and oxygen atoms in total. The van der Waals surface area contributed by atoms with Crippen LogP contribution in [0.2, 0.25) is 0 Å². The van der Waals surface area contributed by atoms with Gasteiger partial charge in [-0.1, -0.05) is 32.0 Å². The molecule has 1 unspecified atom stereocenters. The average molecular weight is 438 g/mol. The number of benzene rings is 2. The molecule has 2 aromatic rings. The van der Waals surface area contributed by atoms with E-state index in [0.29, 0.717) is 47.1 Å². The molecule has 0 aromatic heterocycles. The third-order valence-corrected chi connectivity index (χ3v) is 6.69. The van der Waals surface area contributed by atoms with Gasteiger partial charge in [-0.15, -0.1) is 0 Å². The maximum absolute atomic E-state index is 13.6. The van der Waals surface area contributed by atoms with E-state index in [4.69, 9.17) is 15.2 Å². The summed E-state index contributed by atoms with van der Waals surface area (Å²) in [5.41, 5.74) is 10.5. The maximum Gasteiger partial charge on any atom is 0.231 e. The molecule has 0 radical (unpaired) electrons. The van der Waals surface area contributed by atoms with Crippen molar-refractivity contribution in [2.45, 2.75) is 32.6 Å². The van der Waals surface area contributed by atoms with Crippen LogP contribution in [0.5, 0.6) is 11.5 Å². The Labute approximate surface area is 191 Å². The topological polar surface area (TPSA) is 101 Å². The van der Waals surface area contributed by atoms with Crippen LogP contribution >= 0.6 is 0 Å². The average Bonchev–Trinajstić information content (AvgIpc) is 3.25. The Kier molecular flexibility index (Phi) is 4.00. The molecule has 2 aromatic carbocycles. The second kappa shape index (κ2) is 6.72. The number of ketones is 1. The largest absolute Gasteiger partial charge is 0.454 e. The van der Waals surface area contributed by atoms with Gasteiger partial charge in [0, 0.05) is 23.3 Å². The van der Waals surface area contributed by atoms with Gasteiger partial charge >= 0.3 is 0 Å². The van der Waals surface area contributed by atoms with Crippen molar-refractivity contribution >= 4 is 17.3 Å². The molecular weight excluding hydrogens is 416 g/mol. The van der Waals surface area contributed by atoms with E-state index in [9.17, 15) is 10.1 Å². The zero-order chi connectivity index (χ0) is 22.9. The number of aliphatic imine (C=N–C) groups is 1. The van der Waals surface area contributed by atoms with Gasteiger partial charge in [0.05, 0.1) is 23.2 Å². The van der Waals surface area contributed by atoms with E-state index in [0.717, 1.165) is 22.5 Å². The first-order valence-corrected chi connectivity index (χ1v) is 10.9. The van der Waals surface area contributed by atoms with Crippen molar-refractivity contribution in [3.05, 3.63) is 76.3 Å². The Morgan fingerprint density at radius 3 is 2.76 bits per heavy atom. The van der Waals surface area contributed by atoms with Crippen LogP contribution in [0.4, 0.5) is 5.69 Å². The Balaban J connectivity index is 1.65. The highest BCUT2D eigenvalue weighted by Crippen LogP contribution is 2.53. The minimum atomic E-state index is -0.545. The number of hydrogen-bond donors (Lipinski definition) is 1. The van der Waals surface area contributed by atoms with Crippen molar-refractivity contribution in [2.24, 2.45) is 16.1 Å². The minimum Gasteiger partial charge on any atom is -0.454 e. The lowest BCUT2D eigenvalue weighted by Gasteiger charge is -2.45. The van der Waals surface area contributed by atoms with Crippen LogP contribution in [0.15, 0.2) is 70.1 Å². The molecule has 1 atom stereocenters. The van der Waals surface area contributed by atoms with Gasteiger partial charge in [-0.3, -0.25) is 9.69 Å². The highest BCUT2D eigenvalue weighted by atomic mass is 16.7. The van der Waals surface area contributed by atoms with Gasteiger partial charge in [-0.2, -0.15) is 5.26 Å². The number of fused-ring (bicyclic) bond motifs is 5. The molecule has 3 aliphatic heterocycles. The van der Waals surface area contributed by atoms with Crippen LogP contribution in [0.25, 0.3) is 0 Å². The molecule has 0 saturated carbocycles. The van der Waals surface area contributed by atoms with E-state index in [-0.39, 0.29) is 18.0 Å². The van der Waals surface area contributed by atoms with Gasteiger partial charge in [0.15, 0.2) is 23.1 Å². The summed E-state index contributed by atoms with van der Waals surface area (Å²) in [6.07, 6.45) is 1.10. The molecule has 3 heterocycles. The fourth-order valence-electron chi connectivity index (χ4n) is 5.32. The fourth-order valence-corrected chi connectivity index (χ4v) is 5.32. The lowest BCUT2D eigenvalue weighted by molar-refractivity contribution is -0.118. The number of Topliss-reactive ketones (excluding diaryl/α,β-unsaturated/α-hetero) is 1. The number of anilines is 1. The number of allylic oxidation sites excluding steroid dienone is 3. The van der Waals surface area contributed by atoms with E-state index < -0.39 is 5.92 Å². The smallest absolute Gasteiger partial charge is 0.231 e. The SMILES string of the molecule is CC1(C)CC(=O)C2=C(C1)N1C(=C(C#N)C2c2ccc3c(c2)OCO3)N=C(N)c2ccccc21. The van der Waals surface area contributed by atoms with Crippen molar-refractivity contribution < 1.29 is 14.3 Å². The number of carbonyl (C=O) groups is 1. The Hall–Kier alpha value is -4.05. The molecule has 0 amide bonds. The predicted octanol–water partition coefficient (Wildman–Crippen LogP) is 4.12. The van der Waals surface area contributed by atoms with Gasteiger partial charge in [0.2, 0.25) is 6.79 Å². The summed E-state index contributed by atoms with van der Waals surface area (Å²) < 4.78 is 11.0. The van der Waals surface area contributed by atoms with E-state index in [1.54, 1.807) is 0 Å². The first-order valence-electron chi connectivity index (χ1n) is 10.9. The molecule has 33 heavy (non-hydrogen) atoms. The van der Waals surface area contributed by atoms with Crippen LogP contribution in [0.1, 0.15) is 43.7 Å². The number of nitriles is 1. The number of amidine groups is 1. The summed E-state index contributed by atoms with van der Waals surface area (Å²) in [4.78, 5) is 20.3. The van der Waals surface area contributed by atoms with Crippen LogP contribution in [0.3, 0.4) is 0 Å². The van der Waals surface area contributed by atoms with Gasteiger partial charge in [0.1, 0.15) is 5.84 Å². The maximum atomic E-state index is 13.6. The molecule has 4 aliphatic rings. The molecule has 164 valence electrons. The first kappa shape index (κ1) is 19.6. The zero-order valence-corrected chi connectivity index (χ0v) is 18.4. The Morgan fingerprint density at radius 1 is 1.15 bits per heavy atom. The fraction of sp³-hybridized carbons (Fsp3) is 0.269. The third-order valence-electron chi connectivity index (χ3n) is 6.69. The predicted molar refractivity (Wildman–Crippen MR) is 123 cm³/mol. The van der Waals surface area contributed by atoms with Crippen molar-refractivity contribution in [3.63, 3.8) is 0 Å². The number of nitrogens with zero attached hydrogens (tertiary/aromatic N) is 3. The molecule has 0 fully saturated rings. The highest BCUT2D eigenvalue weighted by molar-refractivity contribution is 6.08. The van der Waals surface area contributed by atoms with Crippen molar-refractivity contribution in [2.75, 3.05) is 11.7 Å². The standard InChI is InChI=1S/C26H22N4O3/c1-26(2)10-18-23(19(31)11-26)22(14-7-8-20-21(9-14)33-13-32-20)16(12-27)25-29-24(28)15-5-3-4-6-17(15)30(18)25/h3-9,22H,10-11,13H2,1-2H3,(H2,28,29). The van der Waals surface area contributed by atoms with Crippen molar-refractivity contribution in [1.82, 2.24) is 0 Å². The second-order valence-electron chi connectivity index (χ2n) is 9.55. The first-order chi connectivity index (χ1) is 15.9. The number of ether oxygens (including phenoxy) is 2. The number of para-hydroxylation sites is 1. The Bertz CT molecular complexity index is 1380. The van der Waals surface area contributed by atoms with E-state index in [1.165, 1.54) is 0 Å². The molecule has 2 N–H and O–H groups in total. The Morgan fingerprint density at radius 2 is 1.94 bits per heavy atom. The van der Waals surface area contributed by atoms with Gasteiger partial charge in [0.25, 0.3) is 0 Å². The minimum absolute atomic E-state index is 0.0516. The molecular formula is C26H22N4O3. The van der Waals surface area contributed by atoms with E-state index in [1.807, 2.05) is 47.4 Å². The van der Waals surface area contributed by atoms with Gasteiger partial charge in [-0.25, -0.2) is 4.99 Å². The second-order valence-corrected chi connectivity index (χ2v) is 9.55. The summed E-state index contributed by atoms with van der Waals surface area (Å²) >= 11 is 0. The lowest BCUT2D eigenvalue weighted by Crippen LogP contribution is -2.42. The summed E-state index contributed by atoms with van der Waals surface area (Å²) in [6, 6.07) is 15.7. The quantitative estimate of drug-likeness (QED) is 0.719. The molecule has 0 bridgehead atoms. The molecule has 0 saturated heterocycles. The molecule has 6 rings (SSSR count). The van der Waals surface area contributed by atoms with Crippen LogP contribution < -0.4 is 20.1 Å². The van der Waals surface area contributed by atoms with Gasteiger partial charge in [-0.05, 0) is 41.7 Å². The van der Waals surface area contributed by atoms with Crippen molar-refractivity contribution in [3.8, 4) is 17.6 Å². The van der Waals surface area contributed by atoms with E-state index >= 15 is 0 Å². The molecule has 7 heteroatoms. The van der Waals surface area contributed by atoms with E-state index in [2.05, 4.69) is 24.9 Å². The van der Waals surface area contributed by atoms with Crippen LogP contribution in [0, 0.1) is 16.7 Å². The summed E-state index contributed by atoms with van der Waals surface area (Å²) in [7, 11) is 0. The number of nitrogens with two attached hydrogens (primary N) is 1. The zero-order valence-electron chi connectivity index (χ0n) is 18.4. The molecule has 1 aliphatic carbocycles. The highest BCUT2D eigenvalue weighted by Gasteiger charge is 2.46. The van der Waals surface area contributed by atoms with Crippen LogP contribution in [-0.2, 0) is 4.79 Å². The number of hydrogen-bond acceptors (Lipinski definition) is 7. The molecule has 0 spiro atoms. The summed E-state index contributed by atoms with van der Waals surface area (Å²) in [5.74, 6) is 1.62. The summed E-state index contributed by atoms with van der Waals surface area (Å²) in [5, 5.41) is 10.3. The third kappa shape index (κ3) is 2.80. The normalized spacial score (nSPS) is 22.3. The number of carbonyl (C=O) groups excluding carboxylic acids is 1. The van der Waals surface area contributed by atoms with Crippen molar-refractivity contribution in [1.29, 1.82) is 5.26 Å². The lowest BCUT2D eigenvalue weighted by atomic mass is 9.68. The number of rotatable bonds is 1.